The van der Waals surface area contributed by atoms with Gasteiger partial charge in [-0.3, -0.25) is 0 Å². The lowest BCUT2D eigenvalue weighted by molar-refractivity contribution is 0.826. The summed E-state index contributed by atoms with van der Waals surface area (Å²) in [5.74, 6) is 0.650. The maximum atomic E-state index is 6.15. The zero-order valence-corrected chi connectivity index (χ0v) is 12.9. The molecule has 1 saturated heterocycles. The van der Waals surface area contributed by atoms with Crippen molar-refractivity contribution in [2.45, 2.75) is 22.9 Å². The van der Waals surface area contributed by atoms with Crippen LogP contribution in [0, 0.1) is 0 Å². The molecule has 1 aromatic carbocycles. The first-order valence-corrected chi connectivity index (χ1v) is 7.88. The Morgan fingerprint density at radius 1 is 1.00 bits per heavy atom. The molecule has 0 bridgehead atoms. The number of halogens is 2. The van der Waals surface area contributed by atoms with Gasteiger partial charge in [0.15, 0.2) is 5.16 Å². The molecule has 1 aliphatic heterocycles. The molecule has 0 amide bonds. The van der Waals surface area contributed by atoms with E-state index in [0.717, 1.165) is 30.8 Å². The van der Waals surface area contributed by atoms with E-state index in [1.165, 1.54) is 11.8 Å². The Labute approximate surface area is 131 Å². The van der Waals surface area contributed by atoms with Gasteiger partial charge in [-0.1, -0.05) is 23.7 Å². The van der Waals surface area contributed by atoms with E-state index in [-0.39, 0.29) is 5.28 Å². The summed E-state index contributed by atoms with van der Waals surface area (Å²) in [6.07, 6.45) is 2.33. The lowest BCUT2D eigenvalue weighted by atomic mass is 10.4. The van der Waals surface area contributed by atoms with E-state index in [9.17, 15) is 0 Å². The lowest BCUT2D eigenvalue weighted by Gasteiger charge is -2.15. The van der Waals surface area contributed by atoms with Gasteiger partial charge in [-0.25, -0.2) is 0 Å². The van der Waals surface area contributed by atoms with Crippen LogP contribution in [0.3, 0.4) is 0 Å². The second-order valence-corrected chi connectivity index (χ2v) is 6.17. The number of aromatic nitrogens is 3. The second kappa shape index (κ2) is 6.16. The van der Waals surface area contributed by atoms with Crippen molar-refractivity contribution in [1.82, 2.24) is 15.0 Å². The van der Waals surface area contributed by atoms with Crippen molar-refractivity contribution < 1.29 is 0 Å². The number of anilines is 1. The van der Waals surface area contributed by atoms with Crippen molar-refractivity contribution in [3.8, 4) is 0 Å². The molecule has 20 heavy (non-hydrogen) atoms. The van der Waals surface area contributed by atoms with Crippen LogP contribution in [0.1, 0.15) is 12.8 Å². The molecule has 7 heteroatoms. The molecule has 1 fully saturated rings. The first-order valence-electron chi connectivity index (χ1n) is 6.31. The molecule has 2 aromatic rings. The number of hydrogen-bond donors (Lipinski definition) is 0. The van der Waals surface area contributed by atoms with E-state index in [1.54, 1.807) is 0 Å². The summed E-state index contributed by atoms with van der Waals surface area (Å²) < 4.78 is 0. The molecule has 1 aliphatic rings. The Morgan fingerprint density at radius 2 is 1.75 bits per heavy atom. The maximum Gasteiger partial charge on any atom is 0.230 e. The third-order valence-corrected chi connectivity index (χ3v) is 4.55. The molecule has 1 aromatic heterocycles. The molecular weight excluding hydrogens is 315 g/mol. The van der Waals surface area contributed by atoms with Gasteiger partial charge in [-0.15, -0.1) is 0 Å². The first-order chi connectivity index (χ1) is 9.72. The highest BCUT2D eigenvalue weighted by Crippen LogP contribution is 2.32. The number of benzene rings is 1. The summed E-state index contributed by atoms with van der Waals surface area (Å²) >= 11 is 13.5. The summed E-state index contributed by atoms with van der Waals surface area (Å²) in [6, 6.07) is 7.59. The van der Waals surface area contributed by atoms with Crippen LogP contribution in [-0.2, 0) is 0 Å². The molecule has 104 valence electrons. The van der Waals surface area contributed by atoms with Crippen LogP contribution in [-0.4, -0.2) is 28.0 Å². The van der Waals surface area contributed by atoms with Crippen molar-refractivity contribution in [1.29, 1.82) is 0 Å². The SMILES string of the molecule is Clc1nc(Sc2ccccc2Cl)nc(N2CCCC2)n1. The number of nitrogens with zero attached hydrogens (tertiary/aromatic N) is 4. The van der Waals surface area contributed by atoms with Crippen LogP contribution in [0.15, 0.2) is 34.3 Å². The molecule has 0 saturated carbocycles. The Balaban J connectivity index is 1.88. The third-order valence-electron chi connectivity index (χ3n) is 3.00. The van der Waals surface area contributed by atoms with Gasteiger partial charge in [0.1, 0.15) is 0 Å². The topological polar surface area (TPSA) is 41.9 Å². The second-order valence-electron chi connectivity index (χ2n) is 4.41. The van der Waals surface area contributed by atoms with Gasteiger partial charge in [0.05, 0.1) is 5.02 Å². The highest BCUT2D eigenvalue weighted by Gasteiger charge is 2.17. The van der Waals surface area contributed by atoms with Crippen molar-refractivity contribution in [3.63, 3.8) is 0 Å². The molecule has 0 atom stereocenters. The molecule has 2 heterocycles. The fourth-order valence-electron chi connectivity index (χ4n) is 2.05. The van der Waals surface area contributed by atoms with E-state index >= 15 is 0 Å². The molecule has 0 unspecified atom stereocenters. The average Bonchev–Trinajstić information content (AvgIpc) is 2.95. The highest BCUT2D eigenvalue weighted by molar-refractivity contribution is 7.99. The van der Waals surface area contributed by atoms with Crippen LogP contribution in [0.4, 0.5) is 5.95 Å². The summed E-state index contributed by atoms with van der Waals surface area (Å²) in [5, 5.41) is 1.47. The van der Waals surface area contributed by atoms with Gasteiger partial charge in [-0.05, 0) is 48.3 Å². The van der Waals surface area contributed by atoms with Gasteiger partial charge >= 0.3 is 0 Å². The number of rotatable bonds is 3. The van der Waals surface area contributed by atoms with Gasteiger partial charge in [0, 0.05) is 18.0 Å². The standard InChI is InChI=1S/C13H12Cl2N4S/c14-9-5-1-2-6-10(9)20-13-17-11(15)16-12(18-13)19-7-3-4-8-19/h1-2,5-6H,3-4,7-8H2. The zero-order valence-electron chi connectivity index (χ0n) is 10.6. The monoisotopic (exact) mass is 326 g/mol. The highest BCUT2D eigenvalue weighted by atomic mass is 35.5. The van der Waals surface area contributed by atoms with Gasteiger partial charge in [0.25, 0.3) is 0 Å². The van der Waals surface area contributed by atoms with Crippen LogP contribution in [0.25, 0.3) is 0 Å². The third kappa shape index (κ3) is 3.16. The molecule has 0 radical (unpaired) electrons. The number of hydrogen-bond acceptors (Lipinski definition) is 5. The molecule has 0 spiro atoms. The quantitative estimate of drug-likeness (QED) is 0.854. The largest absolute Gasteiger partial charge is 0.341 e. The van der Waals surface area contributed by atoms with E-state index in [2.05, 4.69) is 19.9 Å². The van der Waals surface area contributed by atoms with Gasteiger partial charge in [0.2, 0.25) is 11.2 Å². The van der Waals surface area contributed by atoms with Gasteiger partial charge < -0.3 is 4.90 Å². The predicted molar refractivity (Wildman–Crippen MR) is 81.9 cm³/mol. The fourth-order valence-corrected chi connectivity index (χ4v) is 3.28. The Bertz CT molecular complexity index is 617. The van der Waals surface area contributed by atoms with Crippen molar-refractivity contribution in [3.05, 3.63) is 34.6 Å². The van der Waals surface area contributed by atoms with Gasteiger partial charge in [-0.2, -0.15) is 15.0 Å². The van der Waals surface area contributed by atoms with Crippen molar-refractivity contribution >= 4 is 40.9 Å². The van der Waals surface area contributed by atoms with Crippen LogP contribution >= 0.6 is 35.0 Å². The van der Waals surface area contributed by atoms with E-state index in [1.807, 2.05) is 24.3 Å². The Hall–Kier alpha value is -1.04. The molecule has 0 N–H and O–H groups in total. The first kappa shape index (κ1) is 13.9. The Morgan fingerprint density at radius 3 is 2.50 bits per heavy atom. The van der Waals surface area contributed by atoms with Crippen molar-refractivity contribution in [2.24, 2.45) is 0 Å². The average molecular weight is 327 g/mol. The van der Waals surface area contributed by atoms with Crippen LogP contribution < -0.4 is 4.90 Å². The van der Waals surface area contributed by atoms with E-state index in [0.29, 0.717) is 16.1 Å². The smallest absolute Gasteiger partial charge is 0.230 e. The predicted octanol–water partition coefficient (Wildman–Crippen LogP) is 3.93. The molecule has 4 nitrogen and oxygen atoms in total. The summed E-state index contributed by atoms with van der Waals surface area (Å²) in [6.45, 7) is 1.94. The summed E-state index contributed by atoms with van der Waals surface area (Å²) in [5.41, 5.74) is 0. The minimum atomic E-state index is 0.219. The lowest BCUT2D eigenvalue weighted by Crippen LogP contribution is -2.21. The minimum Gasteiger partial charge on any atom is -0.341 e. The maximum absolute atomic E-state index is 6.15. The van der Waals surface area contributed by atoms with E-state index in [4.69, 9.17) is 23.2 Å². The van der Waals surface area contributed by atoms with E-state index < -0.39 is 0 Å². The Kier molecular flexibility index (Phi) is 4.29. The molecule has 3 rings (SSSR count). The minimum absolute atomic E-state index is 0.219. The summed E-state index contributed by atoms with van der Waals surface area (Å²) in [7, 11) is 0. The van der Waals surface area contributed by atoms with Crippen molar-refractivity contribution in [2.75, 3.05) is 18.0 Å². The van der Waals surface area contributed by atoms with Crippen LogP contribution in [0.5, 0.6) is 0 Å². The summed E-state index contributed by atoms with van der Waals surface area (Å²) in [4.78, 5) is 15.9. The normalized spacial score (nSPS) is 14.8. The molecule has 0 aliphatic carbocycles. The fraction of sp³-hybridized carbons (Fsp3) is 0.308. The zero-order chi connectivity index (χ0) is 13.9. The van der Waals surface area contributed by atoms with Crippen LogP contribution in [0.2, 0.25) is 10.3 Å². The molecular formula is C13H12Cl2N4S.